The van der Waals surface area contributed by atoms with Gasteiger partial charge in [-0.15, -0.1) is 0 Å². The summed E-state index contributed by atoms with van der Waals surface area (Å²) in [6.07, 6.45) is 4.97. The Morgan fingerprint density at radius 1 is 1.24 bits per heavy atom. The highest BCUT2D eigenvalue weighted by Crippen LogP contribution is 2.05. The fourth-order valence-electron chi connectivity index (χ4n) is 2.22. The standard InChI is InChI=1S/C13H21N3O/c1-14-5-3-6-16(9-8-14)11-13(17)12-4-7-15(2)10-12/h4,7,10H,3,5-6,8-9,11H2,1-2H3. The molecule has 1 aliphatic heterocycles. The molecule has 1 saturated heterocycles. The molecule has 1 aliphatic rings. The van der Waals surface area contributed by atoms with Crippen LogP contribution in [0.2, 0.25) is 0 Å². The van der Waals surface area contributed by atoms with Crippen molar-refractivity contribution in [3.8, 4) is 0 Å². The molecule has 0 unspecified atom stereocenters. The number of hydrogen-bond acceptors (Lipinski definition) is 3. The average Bonchev–Trinajstić information content (AvgIpc) is 2.62. The summed E-state index contributed by atoms with van der Waals surface area (Å²) in [5.41, 5.74) is 0.824. The van der Waals surface area contributed by atoms with Crippen molar-refractivity contribution in [1.29, 1.82) is 0 Å². The minimum Gasteiger partial charge on any atom is -0.357 e. The van der Waals surface area contributed by atoms with E-state index >= 15 is 0 Å². The van der Waals surface area contributed by atoms with Gasteiger partial charge in [0, 0.05) is 38.1 Å². The molecule has 1 fully saturated rings. The van der Waals surface area contributed by atoms with Crippen molar-refractivity contribution in [3.63, 3.8) is 0 Å². The van der Waals surface area contributed by atoms with Crippen LogP contribution in [-0.4, -0.2) is 59.9 Å². The lowest BCUT2D eigenvalue weighted by molar-refractivity contribution is 0.0933. The van der Waals surface area contributed by atoms with E-state index in [4.69, 9.17) is 0 Å². The van der Waals surface area contributed by atoms with Gasteiger partial charge in [-0.25, -0.2) is 0 Å². The zero-order valence-electron chi connectivity index (χ0n) is 10.7. The van der Waals surface area contributed by atoms with Gasteiger partial charge in [0.1, 0.15) is 0 Å². The highest BCUT2D eigenvalue weighted by Gasteiger charge is 2.16. The molecule has 1 aromatic heterocycles. The number of aryl methyl sites for hydroxylation is 1. The third-order valence-electron chi connectivity index (χ3n) is 3.33. The van der Waals surface area contributed by atoms with Crippen LogP contribution < -0.4 is 0 Å². The van der Waals surface area contributed by atoms with Crippen molar-refractivity contribution < 1.29 is 4.79 Å². The third kappa shape index (κ3) is 3.41. The number of aromatic nitrogens is 1. The molecule has 2 heterocycles. The van der Waals surface area contributed by atoms with E-state index in [0.29, 0.717) is 6.54 Å². The Hall–Kier alpha value is -1.13. The van der Waals surface area contributed by atoms with Crippen LogP contribution in [0.1, 0.15) is 16.8 Å². The second-order valence-electron chi connectivity index (χ2n) is 4.92. The van der Waals surface area contributed by atoms with E-state index in [1.54, 1.807) is 0 Å². The van der Waals surface area contributed by atoms with E-state index in [-0.39, 0.29) is 5.78 Å². The lowest BCUT2D eigenvalue weighted by Crippen LogP contribution is -2.33. The maximum atomic E-state index is 12.1. The normalized spacial score (nSPS) is 19.2. The number of carbonyl (C=O) groups is 1. The van der Waals surface area contributed by atoms with Crippen molar-refractivity contribution in [2.75, 3.05) is 39.8 Å². The highest BCUT2D eigenvalue weighted by molar-refractivity contribution is 5.97. The molecule has 0 atom stereocenters. The molecule has 0 bridgehead atoms. The van der Waals surface area contributed by atoms with Crippen molar-refractivity contribution in [2.24, 2.45) is 7.05 Å². The van der Waals surface area contributed by atoms with Crippen LogP contribution in [0.5, 0.6) is 0 Å². The molecule has 17 heavy (non-hydrogen) atoms. The molecule has 0 saturated carbocycles. The molecule has 0 aromatic carbocycles. The number of carbonyl (C=O) groups excluding carboxylic acids is 1. The molecule has 4 heteroatoms. The van der Waals surface area contributed by atoms with E-state index in [1.165, 1.54) is 0 Å². The fraction of sp³-hybridized carbons (Fsp3) is 0.615. The molecular weight excluding hydrogens is 214 g/mol. The van der Waals surface area contributed by atoms with Gasteiger partial charge in [-0.05, 0) is 32.6 Å². The molecule has 0 amide bonds. The number of likely N-dealkylation sites (N-methyl/N-ethyl adjacent to an activating group) is 1. The van der Waals surface area contributed by atoms with Crippen LogP contribution in [0, 0.1) is 0 Å². The summed E-state index contributed by atoms with van der Waals surface area (Å²) in [7, 11) is 4.08. The van der Waals surface area contributed by atoms with Crippen LogP contribution in [-0.2, 0) is 7.05 Å². The lowest BCUT2D eigenvalue weighted by Gasteiger charge is -2.18. The predicted molar refractivity (Wildman–Crippen MR) is 68.3 cm³/mol. The summed E-state index contributed by atoms with van der Waals surface area (Å²) in [6.45, 7) is 4.77. The van der Waals surface area contributed by atoms with Gasteiger partial charge in [0.2, 0.25) is 0 Å². The van der Waals surface area contributed by atoms with Gasteiger partial charge in [-0.1, -0.05) is 0 Å². The summed E-state index contributed by atoms with van der Waals surface area (Å²) < 4.78 is 1.92. The third-order valence-corrected chi connectivity index (χ3v) is 3.33. The molecule has 1 aromatic rings. The zero-order chi connectivity index (χ0) is 12.3. The SMILES string of the molecule is CN1CCCN(CC(=O)c2ccn(C)c2)CC1. The van der Waals surface area contributed by atoms with Gasteiger partial charge in [0.05, 0.1) is 6.54 Å². The van der Waals surface area contributed by atoms with E-state index in [2.05, 4.69) is 16.8 Å². The smallest absolute Gasteiger partial charge is 0.178 e. The topological polar surface area (TPSA) is 28.5 Å². The maximum Gasteiger partial charge on any atom is 0.178 e. The van der Waals surface area contributed by atoms with Crippen molar-refractivity contribution in [1.82, 2.24) is 14.4 Å². The van der Waals surface area contributed by atoms with Crippen LogP contribution in [0.3, 0.4) is 0 Å². The molecule has 0 aliphatic carbocycles. The van der Waals surface area contributed by atoms with Crippen molar-refractivity contribution in [3.05, 3.63) is 24.0 Å². The Morgan fingerprint density at radius 2 is 2.06 bits per heavy atom. The van der Waals surface area contributed by atoms with Crippen LogP contribution in [0.4, 0.5) is 0 Å². The van der Waals surface area contributed by atoms with E-state index in [0.717, 1.165) is 38.2 Å². The van der Waals surface area contributed by atoms with E-state index < -0.39 is 0 Å². The summed E-state index contributed by atoms with van der Waals surface area (Å²) >= 11 is 0. The van der Waals surface area contributed by atoms with Crippen LogP contribution >= 0.6 is 0 Å². The Bertz CT molecular complexity index is 386. The Kier molecular flexibility index (Phi) is 3.97. The van der Waals surface area contributed by atoms with Gasteiger partial charge in [0.25, 0.3) is 0 Å². The summed E-state index contributed by atoms with van der Waals surface area (Å²) in [6, 6.07) is 1.90. The monoisotopic (exact) mass is 235 g/mol. The van der Waals surface area contributed by atoms with Gasteiger partial charge in [0.15, 0.2) is 5.78 Å². The summed E-state index contributed by atoms with van der Waals surface area (Å²) in [5.74, 6) is 0.232. The largest absolute Gasteiger partial charge is 0.357 e. The van der Waals surface area contributed by atoms with E-state index in [9.17, 15) is 4.79 Å². The lowest BCUT2D eigenvalue weighted by atomic mass is 10.2. The van der Waals surface area contributed by atoms with Crippen LogP contribution in [0.25, 0.3) is 0 Å². The van der Waals surface area contributed by atoms with Crippen molar-refractivity contribution in [2.45, 2.75) is 6.42 Å². The summed E-state index contributed by atoms with van der Waals surface area (Å²) in [5, 5.41) is 0. The highest BCUT2D eigenvalue weighted by atomic mass is 16.1. The first kappa shape index (κ1) is 12.3. The molecule has 4 nitrogen and oxygen atoms in total. The first-order chi connectivity index (χ1) is 8.15. The quantitative estimate of drug-likeness (QED) is 0.727. The second-order valence-corrected chi connectivity index (χ2v) is 4.92. The van der Waals surface area contributed by atoms with Gasteiger partial charge < -0.3 is 9.47 Å². The summed E-state index contributed by atoms with van der Waals surface area (Å²) in [4.78, 5) is 16.6. The number of ketones is 1. The molecule has 0 N–H and O–H groups in total. The van der Waals surface area contributed by atoms with Crippen LogP contribution in [0.15, 0.2) is 18.5 Å². The number of rotatable bonds is 3. The molecule has 0 radical (unpaired) electrons. The minimum atomic E-state index is 0.232. The molecular formula is C13H21N3O. The van der Waals surface area contributed by atoms with Gasteiger partial charge >= 0.3 is 0 Å². The maximum absolute atomic E-state index is 12.1. The number of Topliss-reactive ketones (excluding diaryl/α,β-unsaturated/α-hetero) is 1. The zero-order valence-corrected chi connectivity index (χ0v) is 10.7. The first-order valence-corrected chi connectivity index (χ1v) is 6.21. The Balaban J connectivity index is 1.90. The minimum absolute atomic E-state index is 0.232. The average molecular weight is 235 g/mol. The molecule has 94 valence electrons. The van der Waals surface area contributed by atoms with E-state index in [1.807, 2.05) is 30.1 Å². The van der Waals surface area contributed by atoms with Gasteiger partial charge in [-0.2, -0.15) is 0 Å². The number of hydrogen-bond donors (Lipinski definition) is 0. The first-order valence-electron chi connectivity index (χ1n) is 6.21. The Labute approximate surface area is 103 Å². The Morgan fingerprint density at radius 3 is 2.76 bits per heavy atom. The number of nitrogens with zero attached hydrogens (tertiary/aromatic N) is 3. The van der Waals surface area contributed by atoms with Crippen molar-refractivity contribution >= 4 is 5.78 Å². The fourth-order valence-corrected chi connectivity index (χ4v) is 2.22. The molecule has 0 spiro atoms. The molecule has 2 rings (SSSR count). The predicted octanol–water partition coefficient (Wildman–Crippen LogP) is 0.845. The van der Waals surface area contributed by atoms with Gasteiger partial charge in [-0.3, -0.25) is 9.69 Å². The second kappa shape index (κ2) is 5.47.